The molecule has 0 spiro atoms. The third kappa shape index (κ3) is 2.46. The maximum absolute atomic E-state index is 10.6. The van der Waals surface area contributed by atoms with Crippen molar-refractivity contribution in [1.29, 1.82) is 0 Å². The average Bonchev–Trinajstić information content (AvgIpc) is 2.51. The SMILES string of the molecule is CCC(Sc1nncs1)C(=O)O. The van der Waals surface area contributed by atoms with Gasteiger partial charge >= 0.3 is 5.97 Å². The van der Waals surface area contributed by atoms with E-state index in [4.69, 9.17) is 5.11 Å². The van der Waals surface area contributed by atoms with Gasteiger partial charge in [0.25, 0.3) is 0 Å². The molecule has 0 aromatic carbocycles. The fraction of sp³-hybridized carbons (Fsp3) is 0.500. The van der Waals surface area contributed by atoms with Crippen LogP contribution in [0.1, 0.15) is 13.3 Å². The second-order valence-corrected chi connectivity index (χ2v) is 4.34. The summed E-state index contributed by atoms with van der Waals surface area (Å²) in [5, 5.41) is 15.7. The summed E-state index contributed by atoms with van der Waals surface area (Å²) in [5.74, 6) is -0.794. The van der Waals surface area contributed by atoms with Gasteiger partial charge in [-0.15, -0.1) is 10.2 Å². The molecule has 1 atom stereocenters. The molecule has 4 nitrogen and oxygen atoms in total. The van der Waals surface area contributed by atoms with Crippen LogP contribution >= 0.6 is 23.1 Å². The van der Waals surface area contributed by atoms with Crippen LogP contribution in [0.5, 0.6) is 0 Å². The van der Waals surface area contributed by atoms with E-state index in [1.54, 1.807) is 5.51 Å². The van der Waals surface area contributed by atoms with Crippen molar-refractivity contribution in [2.24, 2.45) is 0 Å². The second-order valence-electron chi connectivity index (χ2n) is 2.06. The minimum atomic E-state index is -0.794. The van der Waals surface area contributed by atoms with Crippen LogP contribution in [0.4, 0.5) is 0 Å². The van der Waals surface area contributed by atoms with Crippen LogP contribution in [0.15, 0.2) is 9.85 Å². The Morgan fingerprint density at radius 2 is 2.67 bits per heavy atom. The maximum atomic E-state index is 10.6. The van der Waals surface area contributed by atoms with Gasteiger partial charge in [-0.1, -0.05) is 30.0 Å². The number of thioether (sulfide) groups is 1. The molecular formula is C6H8N2O2S2. The Morgan fingerprint density at radius 1 is 1.92 bits per heavy atom. The average molecular weight is 204 g/mol. The van der Waals surface area contributed by atoms with Crippen molar-refractivity contribution in [3.63, 3.8) is 0 Å². The minimum Gasteiger partial charge on any atom is -0.480 e. The van der Waals surface area contributed by atoms with Gasteiger partial charge in [-0.05, 0) is 6.42 Å². The highest BCUT2D eigenvalue weighted by molar-refractivity contribution is 8.02. The molecular weight excluding hydrogens is 196 g/mol. The Hall–Kier alpha value is -0.620. The number of hydrogen-bond acceptors (Lipinski definition) is 5. The number of hydrogen-bond donors (Lipinski definition) is 1. The Kier molecular flexibility index (Phi) is 3.48. The van der Waals surface area contributed by atoms with E-state index in [2.05, 4.69) is 10.2 Å². The van der Waals surface area contributed by atoms with E-state index >= 15 is 0 Å². The lowest BCUT2D eigenvalue weighted by Gasteiger charge is -2.04. The molecule has 1 aromatic heterocycles. The van der Waals surface area contributed by atoms with Gasteiger partial charge in [-0.3, -0.25) is 4.79 Å². The molecule has 0 fully saturated rings. The van der Waals surface area contributed by atoms with E-state index in [9.17, 15) is 4.79 Å². The first-order valence-corrected chi connectivity index (χ1v) is 5.15. The molecule has 0 saturated heterocycles. The molecule has 1 heterocycles. The normalized spacial score (nSPS) is 12.8. The highest BCUT2D eigenvalue weighted by Crippen LogP contribution is 2.26. The molecule has 1 N–H and O–H groups in total. The largest absolute Gasteiger partial charge is 0.480 e. The van der Waals surface area contributed by atoms with Crippen molar-refractivity contribution in [1.82, 2.24) is 10.2 Å². The van der Waals surface area contributed by atoms with Gasteiger partial charge in [-0.25, -0.2) is 0 Å². The molecule has 0 amide bonds. The number of carboxylic acids is 1. The number of aromatic nitrogens is 2. The van der Waals surface area contributed by atoms with Crippen molar-refractivity contribution in [3.05, 3.63) is 5.51 Å². The van der Waals surface area contributed by atoms with Crippen LogP contribution in [0.3, 0.4) is 0 Å². The summed E-state index contributed by atoms with van der Waals surface area (Å²) in [6, 6.07) is 0. The van der Waals surface area contributed by atoms with Gasteiger partial charge in [0.1, 0.15) is 10.8 Å². The summed E-state index contributed by atoms with van der Waals surface area (Å²) in [5.41, 5.74) is 1.59. The van der Waals surface area contributed by atoms with E-state index in [-0.39, 0.29) is 0 Å². The summed E-state index contributed by atoms with van der Waals surface area (Å²) in [7, 11) is 0. The lowest BCUT2D eigenvalue weighted by molar-refractivity contribution is -0.136. The first-order chi connectivity index (χ1) is 5.74. The van der Waals surface area contributed by atoms with Crippen LogP contribution in [0.25, 0.3) is 0 Å². The van der Waals surface area contributed by atoms with E-state index in [0.717, 1.165) is 0 Å². The van der Waals surface area contributed by atoms with Gasteiger partial charge < -0.3 is 5.11 Å². The molecule has 0 bridgehead atoms. The van der Waals surface area contributed by atoms with Crippen LogP contribution < -0.4 is 0 Å². The predicted octanol–water partition coefficient (Wildman–Crippen LogP) is 1.49. The first kappa shape index (κ1) is 9.47. The molecule has 12 heavy (non-hydrogen) atoms. The van der Waals surface area contributed by atoms with Crippen LogP contribution in [0, 0.1) is 0 Å². The number of rotatable bonds is 4. The van der Waals surface area contributed by atoms with E-state index in [1.807, 2.05) is 6.92 Å². The van der Waals surface area contributed by atoms with Crippen LogP contribution in [-0.4, -0.2) is 26.5 Å². The quantitative estimate of drug-likeness (QED) is 0.753. The van der Waals surface area contributed by atoms with Crippen molar-refractivity contribution < 1.29 is 9.90 Å². The van der Waals surface area contributed by atoms with Crippen LogP contribution in [-0.2, 0) is 4.79 Å². The zero-order chi connectivity index (χ0) is 8.97. The van der Waals surface area contributed by atoms with E-state index in [1.165, 1.54) is 23.1 Å². The van der Waals surface area contributed by atoms with Gasteiger partial charge in [0.05, 0.1) is 0 Å². The second kappa shape index (κ2) is 4.42. The minimum absolute atomic E-state index is 0.405. The van der Waals surface area contributed by atoms with E-state index < -0.39 is 11.2 Å². The molecule has 0 radical (unpaired) electrons. The summed E-state index contributed by atoms with van der Waals surface area (Å²) in [6.07, 6.45) is 0.597. The molecule has 6 heteroatoms. The number of nitrogens with zero attached hydrogens (tertiary/aromatic N) is 2. The molecule has 0 aliphatic heterocycles. The Labute approximate surface area is 78.0 Å². The molecule has 0 aliphatic carbocycles. The third-order valence-electron chi connectivity index (χ3n) is 1.23. The van der Waals surface area contributed by atoms with Gasteiger partial charge in [0.2, 0.25) is 0 Å². The highest BCUT2D eigenvalue weighted by atomic mass is 32.2. The highest BCUT2D eigenvalue weighted by Gasteiger charge is 2.17. The van der Waals surface area contributed by atoms with Gasteiger partial charge in [0, 0.05) is 0 Å². The fourth-order valence-electron chi connectivity index (χ4n) is 0.644. The number of carboxylic acid groups (broad SMARTS) is 1. The zero-order valence-electron chi connectivity index (χ0n) is 6.43. The van der Waals surface area contributed by atoms with Crippen LogP contribution in [0.2, 0.25) is 0 Å². The third-order valence-corrected chi connectivity index (χ3v) is 3.39. The predicted molar refractivity (Wildman–Crippen MR) is 47.5 cm³/mol. The topological polar surface area (TPSA) is 63.1 Å². The Bertz CT molecular complexity index is 250. The molecule has 0 saturated carbocycles. The van der Waals surface area contributed by atoms with Crippen molar-refractivity contribution in [2.45, 2.75) is 22.9 Å². The molecule has 1 rings (SSSR count). The Morgan fingerprint density at radius 3 is 3.08 bits per heavy atom. The standard InChI is InChI=1S/C6H8N2O2S2/c1-2-4(5(9)10)12-6-8-7-3-11-6/h3-4H,2H2,1H3,(H,9,10). The molecule has 1 aromatic rings. The van der Waals surface area contributed by atoms with Crippen molar-refractivity contribution in [3.8, 4) is 0 Å². The summed E-state index contributed by atoms with van der Waals surface area (Å²) < 4.78 is 0.712. The maximum Gasteiger partial charge on any atom is 0.317 e. The number of aliphatic carboxylic acids is 1. The summed E-state index contributed by atoms with van der Waals surface area (Å²) >= 11 is 2.61. The number of carbonyl (C=O) groups is 1. The van der Waals surface area contributed by atoms with Gasteiger partial charge in [-0.2, -0.15) is 0 Å². The summed E-state index contributed by atoms with van der Waals surface area (Å²) in [4.78, 5) is 10.6. The fourth-order valence-corrected chi connectivity index (χ4v) is 2.23. The molecule has 1 unspecified atom stereocenters. The van der Waals surface area contributed by atoms with E-state index in [0.29, 0.717) is 10.8 Å². The molecule has 66 valence electrons. The Balaban J connectivity index is 2.54. The monoisotopic (exact) mass is 204 g/mol. The summed E-state index contributed by atoms with van der Waals surface area (Å²) in [6.45, 7) is 1.84. The lowest BCUT2D eigenvalue weighted by Crippen LogP contribution is -2.14. The van der Waals surface area contributed by atoms with Crippen molar-refractivity contribution in [2.75, 3.05) is 0 Å². The smallest absolute Gasteiger partial charge is 0.317 e. The zero-order valence-corrected chi connectivity index (χ0v) is 8.06. The van der Waals surface area contributed by atoms with Crippen molar-refractivity contribution >= 4 is 29.1 Å². The first-order valence-electron chi connectivity index (χ1n) is 3.39. The van der Waals surface area contributed by atoms with Gasteiger partial charge in [0.15, 0.2) is 4.34 Å². The lowest BCUT2D eigenvalue weighted by atomic mass is 10.3. The molecule has 0 aliphatic rings.